The fourth-order valence-electron chi connectivity index (χ4n) is 1.96. The summed E-state index contributed by atoms with van der Waals surface area (Å²) in [7, 11) is 0. The van der Waals surface area contributed by atoms with Crippen molar-refractivity contribution in [2.75, 3.05) is 11.1 Å². The summed E-state index contributed by atoms with van der Waals surface area (Å²) in [5, 5.41) is 4.78. The van der Waals surface area contributed by atoms with E-state index in [1.807, 2.05) is 24.3 Å². The van der Waals surface area contributed by atoms with Crippen LogP contribution < -0.4 is 11.1 Å². The third-order valence-electron chi connectivity index (χ3n) is 2.98. The Kier molecular flexibility index (Phi) is 3.01. The second-order valence-corrected chi connectivity index (χ2v) is 4.33. The maximum Gasteiger partial charge on any atom is 0.257 e. The lowest BCUT2D eigenvalue weighted by Crippen LogP contribution is -2.12. The van der Waals surface area contributed by atoms with Crippen LogP contribution in [-0.2, 0) is 0 Å². The van der Waals surface area contributed by atoms with Crippen LogP contribution in [0.3, 0.4) is 0 Å². The number of hydrogen-bond acceptors (Lipinski definition) is 4. The van der Waals surface area contributed by atoms with Gasteiger partial charge in [0.1, 0.15) is 5.82 Å². The number of aromatic nitrogens is 2. The summed E-state index contributed by atoms with van der Waals surface area (Å²) in [6.07, 6.45) is 4.90. The number of nitrogens with one attached hydrogen (secondary N) is 1. The van der Waals surface area contributed by atoms with Crippen molar-refractivity contribution in [3.05, 3.63) is 60.6 Å². The molecule has 0 atom stereocenters. The second kappa shape index (κ2) is 4.97. The maximum atomic E-state index is 12.2. The van der Waals surface area contributed by atoms with Gasteiger partial charge in [0.2, 0.25) is 0 Å². The highest BCUT2D eigenvalue weighted by atomic mass is 16.1. The van der Waals surface area contributed by atoms with Gasteiger partial charge in [-0.05, 0) is 29.7 Å². The molecule has 0 saturated heterocycles. The molecule has 1 aromatic carbocycles. The number of nitrogens with two attached hydrogens (primary N) is 1. The molecular formula is C15H12N4O. The van der Waals surface area contributed by atoms with E-state index in [-0.39, 0.29) is 5.91 Å². The van der Waals surface area contributed by atoms with E-state index in [0.717, 1.165) is 16.5 Å². The lowest BCUT2D eigenvalue weighted by atomic mass is 10.1. The summed E-state index contributed by atoms with van der Waals surface area (Å²) >= 11 is 0. The molecule has 0 radical (unpaired) electrons. The summed E-state index contributed by atoms with van der Waals surface area (Å²) in [6, 6.07) is 10.8. The smallest absolute Gasteiger partial charge is 0.257 e. The lowest BCUT2D eigenvalue weighted by Gasteiger charge is -2.08. The minimum absolute atomic E-state index is 0.228. The number of carbonyl (C=O) groups excluding carboxylic acids is 1. The Labute approximate surface area is 115 Å². The normalized spacial score (nSPS) is 10.4. The van der Waals surface area contributed by atoms with E-state index in [0.29, 0.717) is 11.4 Å². The number of fused-ring (bicyclic) bond motifs is 1. The van der Waals surface area contributed by atoms with Gasteiger partial charge in [0, 0.05) is 24.0 Å². The molecule has 0 aliphatic heterocycles. The Bertz CT molecular complexity index is 763. The monoisotopic (exact) mass is 264 g/mol. The molecular weight excluding hydrogens is 252 g/mol. The van der Waals surface area contributed by atoms with Gasteiger partial charge in [-0.25, -0.2) is 4.98 Å². The van der Waals surface area contributed by atoms with Gasteiger partial charge >= 0.3 is 0 Å². The minimum atomic E-state index is -0.228. The summed E-state index contributed by atoms with van der Waals surface area (Å²) in [6.45, 7) is 0. The molecule has 3 N–H and O–H groups in total. The number of carbonyl (C=O) groups is 1. The second-order valence-electron chi connectivity index (χ2n) is 4.33. The zero-order valence-corrected chi connectivity index (χ0v) is 10.6. The van der Waals surface area contributed by atoms with Crippen LogP contribution in [-0.4, -0.2) is 15.9 Å². The summed E-state index contributed by atoms with van der Waals surface area (Å²) in [5.41, 5.74) is 6.68. The summed E-state index contributed by atoms with van der Waals surface area (Å²) in [4.78, 5) is 20.2. The van der Waals surface area contributed by atoms with Crippen LogP contribution in [0, 0.1) is 0 Å². The molecule has 0 spiro atoms. The molecule has 2 heterocycles. The SMILES string of the molecule is Nc1ccc(C(=O)Nc2cccc3ccncc23)cn1. The van der Waals surface area contributed by atoms with Crippen LogP contribution >= 0.6 is 0 Å². The van der Waals surface area contributed by atoms with Crippen molar-refractivity contribution in [3.8, 4) is 0 Å². The van der Waals surface area contributed by atoms with E-state index in [1.54, 1.807) is 24.5 Å². The van der Waals surface area contributed by atoms with E-state index in [9.17, 15) is 4.79 Å². The van der Waals surface area contributed by atoms with Gasteiger partial charge in [-0.1, -0.05) is 12.1 Å². The van der Waals surface area contributed by atoms with Gasteiger partial charge in [-0.3, -0.25) is 9.78 Å². The third kappa shape index (κ3) is 2.29. The Hall–Kier alpha value is -2.95. The number of hydrogen-bond donors (Lipinski definition) is 2. The van der Waals surface area contributed by atoms with Crippen LogP contribution in [0.1, 0.15) is 10.4 Å². The van der Waals surface area contributed by atoms with Gasteiger partial charge in [-0.2, -0.15) is 0 Å². The minimum Gasteiger partial charge on any atom is -0.384 e. The molecule has 5 nitrogen and oxygen atoms in total. The topological polar surface area (TPSA) is 80.9 Å². The molecule has 20 heavy (non-hydrogen) atoms. The Morgan fingerprint density at radius 3 is 2.80 bits per heavy atom. The van der Waals surface area contributed by atoms with Crippen LogP contribution in [0.2, 0.25) is 0 Å². The first-order valence-corrected chi connectivity index (χ1v) is 6.10. The predicted molar refractivity (Wildman–Crippen MR) is 78.3 cm³/mol. The van der Waals surface area contributed by atoms with E-state index in [4.69, 9.17) is 5.73 Å². The number of nitrogen functional groups attached to an aromatic ring is 1. The largest absolute Gasteiger partial charge is 0.384 e. The first kappa shape index (κ1) is 12.1. The molecule has 0 fully saturated rings. The average Bonchev–Trinajstić information content (AvgIpc) is 2.48. The molecule has 98 valence electrons. The summed E-state index contributed by atoms with van der Waals surface area (Å²) in [5.74, 6) is 0.157. The van der Waals surface area contributed by atoms with Crippen LogP contribution in [0.15, 0.2) is 55.0 Å². The van der Waals surface area contributed by atoms with Crippen LogP contribution in [0.25, 0.3) is 10.8 Å². The van der Waals surface area contributed by atoms with Crippen molar-refractivity contribution in [1.82, 2.24) is 9.97 Å². The van der Waals surface area contributed by atoms with Crippen LogP contribution in [0.4, 0.5) is 11.5 Å². The molecule has 0 saturated carbocycles. The molecule has 0 aliphatic carbocycles. The number of anilines is 2. The first-order chi connectivity index (χ1) is 9.74. The molecule has 3 rings (SSSR count). The number of benzene rings is 1. The van der Waals surface area contributed by atoms with Gasteiger partial charge < -0.3 is 11.1 Å². The standard InChI is InChI=1S/C15H12N4O/c16-14-5-4-11(8-18-14)15(20)19-13-3-1-2-10-6-7-17-9-12(10)13/h1-9H,(H2,16,18)(H,19,20). The van der Waals surface area contributed by atoms with E-state index in [1.165, 1.54) is 6.20 Å². The quantitative estimate of drug-likeness (QED) is 0.745. The maximum absolute atomic E-state index is 12.2. The first-order valence-electron chi connectivity index (χ1n) is 6.10. The Morgan fingerprint density at radius 2 is 2.00 bits per heavy atom. The van der Waals surface area contributed by atoms with Crippen LogP contribution in [0.5, 0.6) is 0 Å². The predicted octanol–water partition coefficient (Wildman–Crippen LogP) is 2.46. The summed E-state index contributed by atoms with van der Waals surface area (Å²) < 4.78 is 0. The molecule has 2 aromatic heterocycles. The Balaban J connectivity index is 1.93. The van der Waals surface area contributed by atoms with Crippen molar-refractivity contribution >= 4 is 28.2 Å². The zero-order valence-electron chi connectivity index (χ0n) is 10.6. The van der Waals surface area contributed by atoms with E-state index in [2.05, 4.69) is 15.3 Å². The molecule has 0 unspecified atom stereocenters. The molecule has 0 bridgehead atoms. The van der Waals surface area contributed by atoms with Crippen molar-refractivity contribution in [1.29, 1.82) is 0 Å². The molecule has 5 heteroatoms. The van der Waals surface area contributed by atoms with Crippen molar-refractivity contribution < 1.29 is 4.79 Å². The van der Waals surface area contributed by atoms with E-state index >= 15 is 0 Å². The highest BCUT2D eigenvalue weighted by Crippen LogP contribution is 2.22. The fraction of sp³-hybridized carbons (Fsp3) is 0. The lowest BCUT2D eigenvalue weighted by molar-refractivity contribution is 0.102. The van der Waals surface area contributed by atoms with Crippen molar-refractivity contribution in [2.45, 2.75) is 0 Å². The number of rotatable bonds is 2. The molecule has 1 amide bonds. The number of amides is 1. The van der Waals surface area contributed by atoms with E-state index < -0.39 is 0 Å². The van der Waals surface area contributed by atoms with Gasteiger partial charge in [0.15, 0.2) is 0 Å². The number of pyridine rings is 2. The Morgan fingerprint density at radius 1 is 1.10 bits per heavy atom. The fourth-order valence-corrected chi connectivity index (χ4v) is 1.96. The highest BCUT2D eigenvalue weighted by Gasteiger charge is 2.08. The highest BCUT2D eigenvalue weighted by molar-refractivity contribution is 6.08. The zero-order chi connectivity index (χ0) is 13.9. The van der Waals surface area contributed by atoms with Crippen molar-refractivity contribution in [2.24, 2.45) is 0 Å². The van der Waals surface area contributed by atoms with Gasteiger partial charge in [-0.15, -0.1) is 0 Å². The molecule has 0 aliphatic rings. The van der Waals surface area contributed by atoms with Gasteiger partial charge in [0.05, 0.1) is 11.3 Å². The average molecular weight is 264 g/mol. The number of nitrogens with zero attached hydrogens (tertiary/aromatic N) is 2. The molecule has 3 aromatic rings. The third-order valence-corrected chi connectivity index (χ3v) is 2.98. The van der Waals surface area contributed by atoms with Gasteiger partial charge in [0.25, 0.3) is 5.91 Å². The van der Waals surface area contributed by atoms with Crippen molar-refractivity contribution in [3.63, 3.8) is 0 Å².